The monoisotopic (exact) mass is 225 g/mol. The number of aliphatic hydroxyl groups is 1. The summed E-state index contributed by atoms with van der Waals surface area (Å²) < 4.78 is 0. The molecule has 94 valence electrons. The van der Waals surface area contributed by atoms with Crippen molar-refractivity contribution in [1.29, 1.82) is 0 Å². The first-order valence-electron chi connectivity index (χ1n) is 6.88. The summed E-state index contributed by atoms with van der Waals surface area (Å²) in [6.45, 7) is 4.75. The van der Waals surface area contributed by atoms with Gasteiger partial charge in [0.2, 0.25) is 0 Å². The van der Waals surface area contributed by atoms with Crippen molar-refractivity contribution in [3.8, 4) is 0 Å². The first-order chi connectivity index (χ1) is 7.41. The minimum atomic E-state index is -0.0896. The zero-order chi connectivity index (χ0) is 11.8. The van der Waals surface area contributed by atoms with E-state index >= 15 is 0 Å². The van der Waals surface area contributed by atoms with Crippen LogP contribution in [0.3, 0.4) is 0 Å². The van der Waals surface area contributed by atoms with Gasteiger partial charge in [-0.3, -0.25) is 0 Å². The topological polar surface area (TPSA) is 46.2 Å². The predicted octanol–water partition coefficient (Wildman–Crippen LogP) is 2.84. The van der Waals surface area contributed by atoms with Gasteiger partial charge in [0.05, 0.1) is 6.10 Å². The Morgan fingerprint density at radius 3 is 2.25 bits per heavy atom. The Hall–Kier alpha value is -0.0800. The van der Waals surface area contributed by atoms with Gasteiger partial charge in [-0.15, -0.1) is 0 Å². The van der Waals surface area contributed by atoms with Gasteiger partial charge in [-0.25, -0.2) is 0 Å². The highest BCUT2D eigenvalue weighted by Gasteiger charge is 2.42. The number of aliphatic hydroxyl groups excluding tert-OH is 1. The van der Waals surface area contributed by atoms with Crippen LogP contribution in [-0.2, 0) is 0 Å². The number of nitrogens with two attached hydrogens (primary N) is 1. The molecule has 2 aliphatic rings. The van der Waals surface area contributed by atoms with Gasteiger partial charge in [0.15, 0.2) is 0 Å². The van der Waals surface area contributed by atoms with E-state index in [1.165, 1.54) is 25.7 Å². The Balaban J connectivity index is 2.00. The summed E-state index contributed by atoms with van der Waals surface area (Å²) in [6.07, 6.45) is 9.04. The van der Waals surface area contributed by atoms with Crippen molar-refractivity contribution < 1.29 is 5.11 Å². The molecule has 0 aromatic heterocycles. The van der Waals surface area contributed by atoms with E-state index < -0.39 is 0 Å². The zero-order valence-corrected chi connectivity index (χ0v) is 10.8. The van der Waals surface area contributed by atoms with Crippen molar-refractivity contribution in [1.82, 2.24) is 0 Å². The number of rotatable bonds is 1. The molecule has 0 spiro atoms. The van der Waals surface area contributed by atoms with E-state index in [0.717, 1.165) is 25.7 Å². The van der Waals surface area contributed by atoms with Gasteiger partial charge in [-0.2, -0.15) is 0 Å². The summed E-state index contributed by atoms with van der Waals surface area (Å²) in [5.41, 5.74) is 7.11. The fourth-order valence-corrected chi connectivity index (χ4v) is 3.74. The van der Waals surface area contributed by atoms with E-state index in [4.69, 9.17) is 5.73 Å². The molecular formula is C14H27NO. The molecule has 2 aliphatic carbocycles. The summed E-state index contributed by atoms with van der Waals surface area (Å²) in [5.74, 6) is 0.684. The van der Waals surface area contributed by atoms with Gasteiger partial charge >= 0.3 is 0 Å². The van der Waals surface area contributed by atoms with Crippen LogP contribution >= 0.6 is 0 Å². The average Bonchev–Trinajstić information content (AvgIpc) is 2.21. The highest BCUT2D eigenvalue weighted by atomic mass is 16.3. The van der Waals surface area contributed by atoms with Crippen LogP contribution in [0, 0.1) is 11.3 Å². The van der Waals surface area contributed by atoms with E-state index in [1.54, 1.807) is 0 Å². The third-order valence-corrected chi connectivity index (χ3v) is 4.90. The third kappa shape index (κ3) is 2.60. The first-order valence-corrected chi connectivity index (χ1v) is 6.88. The van der Waals surface area contributed by atoms with Crippen LogP contribution in [0.4, 0.5) is 0 Å². The normalized spacial score (nSPS) is 44.2. The summed E-state index contributed by atoms with van der Waals surface area (Å²) in [5, 5.41) is 9.59. The van der Waals surface area contributed by atoms with E-state index in [0.29, 0.717) is 11.3 Å². The van der Waals surface area contributed by atoms with E-state index in [9.17, 15) is 5.11 Å². The quantitative estimate of drug-likeness (QED) is 0.721. The van der Waals surface area contributed by atoms with Gasteiger partial charge in [0.25, 0.3) is 0 Å². The van der Waals surface area contributed by atoms with Crippen LogP contribution in [0.1, 0.15) is 65.2 Å². The highest BCUT2D eigenvalue weighted by molar-refractivity contribution is 4.98. The largest absolute Gasteiger partial charge is 0.393 e. The van der Waals surface area contributed by atoms with Gasteiger partial charge < -0.3 is 10.8 Å². The minimum absolute atomic E-state index is 0.0247. The van der Waals surface area contributed by atoms with Crippen molar-refractivity contribution in [2.75, 3.05) is 0 Å². The van der Waals surface area contributed by atoms with E-state index in [2.05, 4.69) is 13.8 Å². The van der Waals surface area contributed by atoms with Crippen molar-refractivity contribution in [3.05, 3.63) is 0 Å². The Morgan fingerprint density at radius 2 is 1.69 bits per heavy atom. The van der Waals surface area contributed by atoms with Gasteiger partial charge in [0.1, 0.15) is 0 Å². The van der Waals surface area contributed by atoms with Gasteiger partial charge in [0, 0.05) is 5.54 Å². The minimum Gasteiger partial charge on any atom is -0.393 e. The maximum Gasteiger partial charge on any atom is 0.0541 e. The molecule has 2 saturated carbocycles. The maximum atomic E-state index is 9.59. The molecule has 2 heteroatoms. The molecule has 0 heterocycles. The predicted molar refractivity (Wildman–Crippen MR) is 67.1 cm³/mol. The molecule has 0 aromatic rings. The Labute approximate surface area is 99.6 Å². The van der Waals surface area contributed by atoms with Gasteiger partial charge in [-0.05, 0) is 56.3 Å². The lowest BCUT2D eigenvalue weighted by Crippen LogP contribution is -2.52. The lowest BCUT2D eigenvalue weighted by Gasteiger charge is -2.47. The standard InChI is InChI=1S/C14H27NO/c1-13(2)7-3-4-11(10-13)14(15)8-5-12(16)6-9-14/h11-12,16H,3-10,15H2,1-2H3. The van der Waals surface area contributed by atoms with Crippen molar-refractivity contribution in [2.45, 2.75) is 76.9 Å². The molecule has 16 heavy (non-hydrogen) atoms. The maximum absolute atomic E-state index is 9.59. The third-order valence-electron chi connectivity index (χ3n) is 4.90. The van der Waals surface area contributed by atoms with Crippen LogP contribution in [0.2, 0.25) is 0 Å². The van der Waals surface area contributed by atoms with Crippen molar-refractivity contribution in [2.24, 2.45) is 17.1 Å². The first kappa shape index (κ1) is 12.4. The Bertz CT molecular complexity index is 241. The Morgan fingerprint density at radius 1 is 1.06 bits per heavy atom. The molecule has 0 amide bonds. The van der Waals surface area contributed by atoms with E-state index in [1.807, 2.05) is 0 Å². The average molecular weight is 225 g/mol. The fourth-order valence-electron chi connectivity index (χ4n) is 3.74. The molecule has 1 unspecified atom stereocenters. The molecule has 2 rings (SSSR count). The summed E-state index contributed by atoms with van der Waals surface area (Å²) in [6, 6.07) is 0. The fraction of sp³-hybridized carbons (Fsp3) is 1.00. The van der Waals surface area contributed by atoms with Gasteiger partial charge in [-0.1, -0.05) is 20.3 Å². The molecule has 2 fully saturated rings. The SMILES string of the molecule is CC1(C)CCCC(C2(N)CCC(O)CC2)C1. The molecule has 3 N–H and O–H groups in total. The second-order valence-electron chi connectivity index (χ2n) is 6.92. The summed E-state index contributed by atoms with van der Waals surface area (Å²) in [7, 11) is 0. The lowest BCUT2D eigenvalue weighted by molar-refractivity contribution is 0.0422. The van der Waals surface area contributed by atoms with Crippen LogP contribution in [0.5, 0.6) is 0 Å². The van der Waals surface area contributed by atoms with Crippen LogP contribution in [0.25, 0.3) is 0 Å². The molecule has 0 saturated heterocycles. The molecule has 0 radical (unpaired) electrons. The highest BCUT2D eigenvalue weighted by Crippen LogP contribution is 2.46. The molecular weight excluding hydrogens is 198 g/mol. The molecule has 1 atom stereocenters. The smallest absolute Gasteiger partial charge is 0.0541 e. The van der Waals surface area contributed by atoms with Crippen LogP contribution in [-0.4, -0.2) is 16.7 Å². The second kappa shape index (κ2) is 4.30. The number of hydrogen-bond acceptors (Lipinski definition) is 2. The van der Waals surface area contributed by atoms with E-state index in [-0.39, 0.29) is 11.6 Å². The van der Waals surface area contributed by atoms with Crippen LogP contribution < -0.4 is 5.73 Å². The van der Waals surface area contributed by atoms with Crippen molar-refractivity contribution >= 4 is 0 Å². The molecule has 2 nitrogen and oxygen atoms in total. The van der Waals surface area contributed by atoms with Crippen LogP contribution in [0.15, 0.2) is 0 Å². The number of hydrogen-bond donors (Lipinski definition) is 2. The Kier molecular flexibility index (Phi) is 3.33. The molecule has 0 aliphatic heterocycles. The zero-order valence-electron chi connectivity index (χ0n) is 10.8. The second-order valence-corrected chi connectivity index (χ2v) is 6.92. The summed E-state index contributed by atoms with van der Waals surface area (Å²) >= 11 is 0. The summed E-state index contributed by atoms with van der Waals surface area (Å²) in [4.78, 5) is 0. The van der Waals surface area contributed by atoms with Crippen molar-refractivity contribution in [3.63, 3.8) is 0 Å². The molecule has 0 bridgehead atoms. The lowest BCUT2D eigenvalue weighted by atomic mass is 9.62. The molecule has 0 aromatic carbocycles.